The number of hydrogen-bond acceptors (Lipinski definition) is 3. The number of ketones is 1. The molecule has 1 saturated carbocycles. The fraction of sp³-hybridized carbons (Fsp3) is 0.381. The quantitative estimate of drug-likeness (QED) is 0.825. The SMILES string of the molecule is Cc1ccc(S(=O)(=O)N2[C@@H]3CCC[C@@H](C(=O)C3)[C@@H]2c2ccccc2)cc1. The minimum absolute atomic E-state index is 0.205. The van der Waals surface area contributed by atoms with Gasteiger partial charge in [0, 0.05) is 18.4 Å². The van der Waals surface area contributed by atoms with Crippen LogP contribution in [0.1, 0.15) is 42.9 Å². The van der Waals surface area contributed by atoms with E-state index in [0.717, 1.165) is 30.4 Å². The van der Waals surface area contributed by atoms with Crippen LogP contribution in [0.15, 0.2) is 59.5 Å². The zero-order valence-corrected chi connectivity index (χ0v) is 15.7. The molecule has 5 heteroatoms. The van der Waals surface area contributed by atoms with Gasteiger partial charge in [-0.15, -0.1) is 0 Å². The van der Waals surface area contributed by atoms with Gasteiger partial charge in [-0.1, -0.05) is 54.4 Å². The van der Waals surface area contributed by atoms with E-state index in [4.69, 9.17) is 0 Å². The van der Waals surface area contributed by atoms with Gasteiger partial charge in [0.2, 0.25) is 10.0 Å². The van der Waals surface area contributed by atoms with Crippen molar-refractivity contribution in [3.63, 3.8) is 0 Å². The lowest BCUT2D eigenvalue weighted by Gasteiger charge is -2.42. The Hall–Kier alpha value is -1.98. The van der Waals surface area contributed by atoms with E-state index in [2.05, 4.69) is 0 Å². The number of sulfonamides is 1. The Kier molecular flexibility index (Phi) is 4.45. The Balaban J connectivity index is 1.86. The number of carbonyl (C=O) groups is 1. The molecule has 0 N–H and O–H groups in total. The molecule has 136 valence electrons. The van der Waals surface area contributed by atoms with Crippen LogP contribution in [0.4, 0.5) is 0 Å². The third kappa shape index (κ3) is 2.89. The molecule has 0 amide bonds. The zero-order chi connectivity index (χ0) is 18.3. The molecule has 0 unspecified atom stereocenters. The maximum Gasteiger partial charge on any atom is 0.243 e. The summed E-state index contributed by atoms with van der Waals surface area (Å²) in [5, 5.41) is 0. The lowest BCUT2D eigenvalue weighted by Crippen LogP contribution is -2.50. The molecule has 3 atom stereocenters. The Labute approximate surface area is 154 Å². The minimum atomic E-state index is -3.67. The van der Waals surface area contributed by atoms with Gasteiger partial charge in [-0.05, 0) is 37.5 Å². The van der Waals surface area contributed by atoms with Gasteiger partial charge in [-0.3, -0.25) is 4.79 Å². The molecule has 5 rings (SSSR count). The van der Waals surface area contributed by atoms with Gasteiger partial charge in [-0.2, -0.15) is 4.31 Å². The van der Waals surface area contributed by atoms with Crippen LogP contribution >= 0.6 is 0 Å². The van der Waals surface area contributed by atoms with Gasteiger partial charge in [0.1, 0.15) is 5.78 Å². The summed E-state index contributed by atoms with van der Waals surface area (Å²) >= 11 is 0. The molecule has 2 saturated heterocycles. The van der Waals surface area contributed by atoms with Crippen LogP contribution < -0.4 is 0 Å². The first-order chi connectivity index (χ1) is 12.5. The lowest BCUT2D eigenvalue weighted by molar-refractivity contribution is -0.128. The highest BCUT2D eigenvalue weighted by molar-refractivity contribution is 7.89. The molecule has 0 radical (unpaired) electrons. The molecule has 4 nitrogen and oxygen atoms in total. The summed E-state index contributed by atoms with van der Waals surface area (Å²) in [7, 11) is -3.67. The highest BCUT2D eigenvalue weighted by Gasteiger charge is 2.50. The summed E-state index contributed by atoms with van der Waals surface area (Å²) < 4.78 is 28.7. The number of benzene rings is 2. The number of nitrogens with zero attached hydrogens (tertiary/aromatic N) is 1. The molecule has 2 aromatic carbocycles. The topological polar surface area (TPSA) is 54.5 Å². The average molecular weight is 369 g/mol. The lowest BCUT2D eigenvalue weighted by atomic mass is 9.83. The van der Waals surface area contributed by atoms with Crippen LogP contribution in [0.2, 0.25) is 0 Å². The van der Waals surface area contributed by atoms with Crippen molar-refractivity contribution in [1.29, 1.82) is 0 Å². The van der Waals surface area contributed by atoms with Crippen molar-refractivity contribution >= 4 is 15.8 Å². The third-order valence-corrected chi connectivity index (χ3v) is 7.60. The molecular weight excluding hydrogens is 346 g/mol. The first-order valence-corrected chi connectivity index (χ1v) is 10.6. The van der Waals surface area contributed by atoms with Crippen LogP contribution in [0.5, 0.6) is 0 Å². The Morgan fingerprint density at radius 1 is 0.962 bits per heavy atom. The standard InChI is InChI=1S/C21H23NO3S/c1-15-10-12-18(13-11-15)26(24,25)22-17-8-5-9-19(20(23)14-17)21(22)16-6-3-2-4-7-16/h2-4,6-7,10-13,17,19,21H,5,8-9,14H2,1H3/t17-,19+,21+/m1/s1. The first kappa shape index (κ1) is 17.4. The van der Waals surface area contributed by atoms with E-state index < -0.39 is 16.1 Å². The van der Waals surface area contributed by atoms with Crippen molar-refractivity contribution in [2.45, 2.75) is 49.6 Å². The molecule has 0 aromatic heterocycles. The summed E-state index contributed by atoms with van der Waals surface area (Å²) in [6.07, 6.45) is 2.73. The number of rotatable bonds is 3. The van der Waals surface area contributed by atoms with Crippen LogP contribution in [-0.4, -0.2) is 24.5 Å². The monoisotopic (exact) mass is 369 g/mol. The van der Waals surface area contributed by atoms with E-state index >= 15 is 0 Å². The second-order valence-corrected chi connectivity index (χ2v) is 9.21. The maximum absolute atomic E-state index is 13.5. The molecule has 26 heavy (non-hydrogen) atoms. The normalized spacial score (nSPS) is 26.7. The third-order valence-electron chi connectivity index (χ3n) is 5.66. The predicted molar refractivity (Wildman–Crippen MR) is 100 cm³/mol. The highest BCUT2D eigenvalue weighted by Crippen LogP contribution is 2.46. The van der Waals surface area contributed by atoms with Crippen LogP contribution in [-0.2, 0) is 14.8 Å². The number of aryl methyl sites for hydroxylation is 1. The Bertz CT molecular complexity index is 906. The molecule has 2 heterocycles. The van der Waals surface area contributed by atoms with Gasteiger partial charge in [-0.25, -0.2) is 8.42 Å². The summed E-state index contributed by atoms with van der Waals surface area (Å²) in [5.74, 6) is -0.0481. The number of Topliss-reactive ketones (excluding diaryl/α,β-unsaturated/α-hetero) is 1. The van der Waals surface area contributed by atoms with Crippen molar-refractivity contribution in [2.24, 2.45) is 5.92 Å². The van der Waals surface area contributed by atoms with Crippen molar-refractivity contribution in [3.8, 4) is 0 Å². The fourth-order valence-electron chi connectivity index (χ4n) is 4.38. The number of hydrogen-bond donors (Lipinski definition) is 0. The summed E-state index contributed by atoms with van der Waals surface area (Å²) in [4.78, 5) is 13.0. The molecule has 2 aromatic rings. The van der Waals surface area contributed by atoms with Crippen molar-refractivity contribution in [3.05, 3.63) is 65.7 Å². The van der Waals surface area contributed by atoms with Gasteiger partial charge in [0.25, 0.3) is 0 Å². The van der Waals surface area contributed by atoms with Gasteiger partial charge in [0.05, 0.1) is 10.9 Å². The zero-order valence-electron chi connectivity index (χ0n) is 14.8. The number of fused-ring (bicyclic) bond motifs is 4. The minimum Gasteiger partial charge on any atom is -0.299 e. The highest BCUT2D eigenvalue weighted by atomic mass is 32.2. The Morgan fingerprint density at radius 2 is 1.65 bits per heavy atom. The van der Waals surface area contributed by atoms with E-state index in [1.54, 1.807) is 16.4 Å². The van der Waals surface area contributed by atoms with Crippen molar-refractivity contribution in [2.75, 3.05) is 0 Å². The average Bonchev–Trinajstić information content (AvgIpc) is 2.94. The van der Waals surface area contributed by atoms with E-state index in [1.807, 2.05) is 49.4 Å². The smallest absolute Gasteiger partial charge is 0.243 e. The van der Waals surface area contributed by atoms with E-state index in [0.29, 0.717) is 11.3 Å². The largest absolute Gasteiger partial charge is 0.299 e. The predicted octanol–water partition coefficient (Wildman–Crippen LogP) is 3.87. The summed E-state index contributed by atoms with van der Waals surface area (Å²) in [6, 6.07) is 16.0. The van der Waals surface area contributed by atoms with Gasteiger partial charge in [0.15, 0.2) is 0 Å². The summed E-state index contributed by atoms with van der Waals surface area (Å²) in [6.45, 7) is 1.94. The Morgan fingerprint density at radius 3 is 2.35 bits per heavy atom. The molecular formula is C21H23NO3S. The van der Waals surface area contributed by atoms with Crippen molar-refractivity contribution in [1.82, 2.24) is 4.31 Å². The fourth-order valence-corrected chi connectivity index (χ4v) is 6.25. The van der Waals surface area contributed by atoms with Crippen molar-refractivity contribution < 1.29 is 13.2 Å². The van der Waals surface area contributed by atoms with Crippen LogP contribution in [0.25, 0.3) is 0 Å². The second kappa shape index (κ2) is 6.63. The molecule has 3 aliphatic rings. The van der Waals surface area contributed by atoms with Gasteiger partial charge >= 0.3 is 0 Å². The maximum atomic E-state index is 13.5. The molecule has 2 bridgehead atoms. The number of carbonyl (C=O) groups excluding carboxylic acids is 1. The second-order valence-electron chi connectivity index (χ2n) is 7.37. The van der Waals surface area contributed by atoms with Gasteiger partial charge < -0.3 is 0 Å². The van der Waals surface area contributed by atoms with E-state index in [-0.39, 0.29) is 17.7 Å². The number of piperidine rings is 1. The molecule has 3 fully saturated rings. The first-order valence-electron chi connectivity index (χ1n) is 9.16. The molecule has 0 spiro atoms. The van der Waals surface area contributed by atoms with Crippen LogP contribution in [0, 0.1) is 12.8 Å². The van der Waals surface area contributed by atoms with E-state index in [9.17, 15) is 13.2 Å². The van der Waals surface area contributed by atoms with Crippen LogP contribution in [0.3, 0.4) is 0 Å². The summed E-state index contributed by atoms with van der Waals surface area (Å²) in [5.41, 5.74) is 1.93. The van der Waals surface area contributed by atoms with E-state index in [1.165, 1.54) is 0 Å². The molecule has 1 aliphatic carbocycles. The molecule has 2 aliphatic heterocycles.